The summed E-state index contributed by atoms with van der Waals surface area (Å²) < 4.78 is 5.47. The molecule has 1 aliphatic rings. The Morgan fingerprint density at radius 3 is 2.50 bits per heavy atom. The van der Waals surface area contributed by atoms with Crippen molar-refractivity contribution in [3.05, 3.63) is 30.6 Å². The first-order valence-electron chi connectivity index (χ1n) is 7.88. The van der Waals surface area contributed by atoms with Crippen molar-refractivity contribution in [3.8, 4) is 17.0 Å². The molecule has 0 saturated carbocycles. The van der Waals surface area contributed by atoms with Gasteiger partial charge < -0.3 is 15.4 Å². The van der Waals surface area contributed by atoms with Crippen molar-refractivity contribution in [2.45, 2.75) is 26.2 Å². The highest BCUT2D eigenvalue weighted by molar-refractivity contribution is 5.80. The van der Waals surface area contributed by atoms with E-state index in [2.05, 4.69) is 14.9 Å². The van der Waals surface area contributed by atoms with Crippen LogP contribution in [-0.2, 0) is 0 Å². The van der Waals surface area contributed by atoms with Crippen molar-refractivity contribution in [2.75, 3.05) is 30.3 Å². The van der Waals surface area contributed by atoms with Crippen LogP contribution in [0.3, 0.4) is 0 Å². The molecule has 0 aliphatic carbocycles. The maximum Gasteiger partial charge on any atom is 0.155 e. The number of anilines is 2. The number of nitrogens with two attached hydrogens (primary N) is 1. The maximum atomic E-state index is 6.35. The minimum Gasteiger partial charge on any atom is -0.494 e. The highest BCUT2D eigenvalue weighted by Gasteiger charge is 2.18. The van der Waals surface area contributed by atoms with Gasteiger partial charge in [-0.1, -0.05) is 0 Å². The van der Waals surface area contributed by atoms with Crippen molar-refractivity contribution in [2.24, 2.45) is 0 Å². The van der Waals surface area contributed by atoms with Crippen molar-refractivity contribution in [3.63, 3.8) is 0 Å². The fraction of sp³-hybridized carbons (Fsp3) is 0.412. The lowest BCUT2D eigenvalue weighted by Gasteiger charge is -2.28. The van der Waals surface area contributed by atoms with Gasteiger partial charge in [-0.3, -0.25) is 0 Å². The average Bonchev–Trinajstić information content (AvgIpc) is 2.57. The molecule has 5 nitrogen and oxygen atoms in total. The monoisotopic (exact) mass is 298 g/mol. The lowest BCUT2D eigenvalue weighted by atomic mass is 10.1. The minimum atomic E-state index is 0.661. The molecular formula is C17H22N4O. The van der Waals surface area contributed by atoms with Gasteiger partial charge in [0, 0.05) is 18.7 Å². The summed E-state index contributed by atoms with van der Waals surface area (Å²) in [6, 6.07) is 7.87. The highest BCUT2D eigenvalue weighted by atomic mass is 16.5. The van der Waals surface area contributed by atoms with Gasteiger partial charge in [-0.05, 0) is 50.5 Å². The maximum absolute atomic E-state index is 6.35. The van der Waals surface area contributed by atoms with E-state index in [1.54, 1.807) is 6.33 Å². The Bertz CT molecular complexity index is 621. The third kappa shape index (κ3) is 2.98. The molecule has 1 fully saturated rings. The second-order valence-corrected chi connectivity index (χ2v) is 5.46. The van der Waals surface area contributed by atoms with Crippen LogP contribution < -0.4 is 15.4 Å². The third-order valence-corrected chi connectivity index (χ3v) is 3.96. The summed E-state index contributed by atoms with van der Waals surface area (Å²) in [6.45, 7) is 4.67. The highest BCUT2D eigenvalue weighted by Crippen LogP contribution is 2.32. The number of nitrogens with zero attached hydrogens (tertiary/aromatic N) is 3. The summed E-state index contributed by atoms with van der Waals surface area (Å²) in [5.41, 5.74) is 8.78. The second-order valence-electron chi connectivity index (χ2n) is 5.46. The van der Waals surface area contributed by atoms with E-state index in [1.807, 2.05) is 31.2 Å². The lowest BCUT2D eigenvalue weighted by molar-refractivity contribution is 0.340. The van der Waals surface area contributed by atoms with Crippen molar-refractivity contribution in [1.29, 1.82) is 0 Å². The first kappa shape index (κ1) is 14.6. The van der Waals surface area contributed by atoms with Gasteiger partial charge in [-0.25, -0.2) is 9.97 Å². The molecule has 3 rings (SSSR count). The number of nitrogen functional groups attached to an aromatic ring is 1. The van der Waals surface area contributed by atoms with Crippen LogP contribution in [-0.4, -0.2) is 29.7 Å². The van der Waals surface area contributed by atoms with Gasteiger partial charge in [0.2, 0.25) is 0 Å². The zero-order valence-corrected chi connectivity index (χ0v) is 13.0. The van der Waals surface area contributed by atoms with Crippen LogP contribution in [0.25, 0.3) is 11.3 Å². The molecule has 2 heterocycles. The fourth-order valence-electron chi connectivity index (χ4n) is 2.85. The van der Waals surface area contributed by atoms with Crippen LogP contribution in [0.1, 0.15) is 26.2 Å². The molecule has 1 saturated heterocycles. The Labute approximate surface area is 131 Å². The Hall–Kier alpha value is -2.30. The van der Waals surface area contributed by atoms with Crippen LogP contribution >= 0.6 is 0 Å². The van der Waals surface area contributed by atoms with Crippen LogP contribution in [0.4, 0.5) is 11.5 Å². The molecule has 5 heteroatoms. The van der Waals surface area contributed by atoms with E-state index in [0.717, 1.165) is 35.9 Å². The Morgan fingerprint density at radius 2 is 1.82 bits per heavy atom. The summed E-state index contributed by atoms with van der Waals surface area (Å²) in [5, 5.41) is 0. The summed E-state index contributed by atoms with van der Waals surface area (Å²) >= 11 is 0. The number of hydrogen-bond donors (Lipinski definition) is 1. The summed E-state index contributed by atoms with van der Waals surface area (Å²) in [6.07, 6.45) is 5.28. The van der Waals surface area contributed by atoms with Gasteiger partial charge in [0.1, 0.15) is 17.8 Å². The molecule has 0 radical (unpaired) electrons. The predicted molar refractivity (Wildman–Crippen MR) is 89.1 cm³/mol. The summed E-state index contributed by atoms with van der Waals surface area (Å²) in [5.74, 6) is 1.72. The topological polar surface area (TPSA) is 64.3 Å². The SMILES string of the molecule is CCOc1ccc(-c2ncnc(N3CCCCC3)c2N)cc1. The Kier molecular flexibility index (Phi) is 4.42. The van der Waals surface area contributed by atoms with Gasteiger partial charge in [0.15, 0.2) is 5.82 Å². The molecule has 1 aromatic heterocycles. The largest absolute Gasteiger partial charge is 0.494 e. The number of ether oxygens (including phenoxy) is 1. The third-order valence-electron chi connectivity index (χ3n) is 3.96. The van der Waals surface area contributed by atoms with E-state index in [4.69, 9.17) is 10.5 Å². The molecule has 116 valence electrons. The van der Waals surface area contributed by atoms with Crippen LogP contribution in [0.5, 0.6) is 5.75 Å². The Morgan fingerprint density at radius 1 is 1.09 bits per heavy atom. The zero-order valence-electron chi connectivity index (χ0n) is 13.0. The molecule has 0 atom stereocenters. The molecule has 0 spiro atoms. The number of benzene rings is 1. The first-order chi connectivity index (χ1) is 10.8. The van der Waals surface area contributed by atoms with E-state index in [1.165, 1.54) is 19.3 Å². The standard InChI is InChI=1S/C17H22N4O/c1-2-22-14-8-6-13(7-9-14)16-15(18)17(20-12-19-16)21-10-4-3-5-11-21/h6-9,12H,2-5,10-11,18H2,1H3. The summed E-state index contributed by atoms with van der Waals surface area (Å²) in [7, 11) is 0. The van der Waals surface area contributed by atoms with Gasteiger partial charge >= 0.3 is 0 Å². The minimum absolute atomic E-state index is 0.661. The second kappa shape index (κ2) is 6.64. The van der Waals surface area contributed by atoms with Crippen molar-refractivity contribution < 1.29 is 4.74 Å². The lowest BCUT2D eigenvalue weighted by Crippen LogP contribution is -2.31. The van der Waals surface area contributed by atoms with E-state index >= 15 is 0 Å². The molecular weight excluding hydrogens is 276 g/mol. The smallest absolute Gasteiger partial charge is 0.155 e. The average molecular weight is 298 g/mol. The molecule has 1 aromatic carbocycles. The number of aromatic nitrogens is 2. The van der Waals surface area contributed by atoms with Crippen molar-refractivity contribution in [1.82, 2.24) is 9.97 Å². The first-order valence-corrected chi connectivity index (χ1v) is 7.88. The van der Waals surface area contributed by atoms with Gasteiger partial charge in [-0.15, -0.1) is 0 Å². The molecule has 2 aromatic rings. The zero-order chi connectivity index (χ0) is 15.4. The van der Waals surface area contributed by atoms with E-state index in [0.29, 0.717) is 12.3 Å². The summed E-state index contributed by atoms with van der Waals surface area (Å²) in [4.78, 5) is 11.0. The van der Waals surface area contributed by atoms with Crippen LogP contribution in [0.15, 0.2) is 30.6 Å². The van der Waals surface area contributed by atoms with Gasteiger partial charge in [0.05, 0.1) is 12.3 Å². The Balaban J connectivity index is 1.90. The van der Waals surface area contributed by atoms with Crippen LogP contribution in [0, 0.1) is 0 Å². The molecule has 1 aliphatic heterocycles. The number of hydrogen-bond acceptors (Lipinski definition) is 5. The van der Waals surface area contributed by atoms with Gasteiger partial charge in [0.25, 0.3) is 0 Å². The number of rotatable bonds is 4. The molecule has 0 bridgehead atoms. The number of piperidine rings is 1. The molecule has 2 N–H and O–H groups in total. The van der Waals surface area contributed by atoms with E-state index in [-0.39, 0.29) is 0 Å². The fourth-order valence-corrected chi connectivity index (χ4v) is 2.85. The van der Waals surface area contributed by atoms with E-state index < -0.39 is 0 Å². The quantitative estimate of drug-likeness (QED) is 0.939. The predicted octanol–water partition coefficient (Wildman–Crippen LogP) is 3.11. The molecule has 22 heavy (non-hydrogen) atoms. The van der Waals surface area contributed by atoms with Gasteiger partial charge in [-0.2, -0.15) is 0 Å². The van der Waals surface area contributed by atoms with E-state index in [9.17, 15) is 0 Å². The normalized spacial score (nSPS) is 14.9. The molecule has 0 unspecified atom stereocenters. The van der Waals surface area contributed by atoms with Crippen LogP contribution in [0.2, 0.25) is 0 Å². The van der Waals surface area contributed by atoms with Crippen molar-refractivity contribution >= 4 is 11.5 Å². The molecule has 0 amide bonds.